The van der Waals surface area contributed by atoms with Gasteiger partial charge in [0.05, 0.1) is 0 Å². The average molecular weight is 205 g/mol. The molecule has 0 atom stereocenters. The van der Waals surface area contributed by atoms with Crippen LogP contribution in [-0.2, 0) is 0 Å². The molecule has 1 N–H and O–H groups in total. The largest absolute Gasteiger partial charge is 0.369 e. The van der Waals surface area contributed by atoms with Crippen molar-refractivity contribution in [1.82, 2.24) is 9.88 Å². The Bertz CT molecular complexity index is 267. The molecule has 1 aromatic heterocycles. The lowest BCUT2D eigenvalue weighted by Crippen LogP contribution is -2.33. The summed E-state index contributed by atoms with van der Waals surface area (Å²) in [5.41, 5.74) is 0. The van der Waals surface area contributed by atoms with E-state index in [0.717, 1.165) is 18.9 Å². The molecule has 1 saturated heterocycles. The van der Waals surface area contributed by atoms with Crippen LogP contribution in [0.3, 0.4) is 0 Å². The molecular formula is C12H19N3. The van der Waals surface area contributed by atoms with Gasteiger partial charge in [0.2, 0.25) is 0 Å². The van der Waals surface area contributed by atoms with E-state index in [4.69, 9.17) is 0 Å². The lowest BCUT2D eigenvalue weighted by Gasteiger charge is -2.26. The maximum absolute atomic E-state index is 4.23. The molecule has 0 amide bonds. The van der Waals surface area contributed by atoms with Gasteiger partial charge in [-0.15, -0.1) is 0 Å². The maximum Gasteiger partial charge on any atom is 0.125 e. The third-order valence-corrected chi connectivity index (χ3v) is 2.85. The van der Waals surface area contributed by atoms with Crippen LogP contribution in [0.25, 0.3) is 0 Å². The number of anilines is 1. The van der Waals surface area contributed by atoms with Gasteiger partial charge in [-0.3, -0.25) is 0 Å². The lowest BCUT2D eigenvalue weighted by molar-refractivity contribution is 0.237. The summed E-state index contributed by atoms with van der Waals surface area (Å²) in [6.07, 6.45) is 5.96. The summed E-state index contributed by atoms with van der Waals surface area (Å²) in [7, 11) is 0. The second kappa shape index (κ2) is 5.71. The fourth-order valence-corrected chi connectivity index (χ4v) is 1.99. The van der Waals surface area contributed by atoms with Crippen molar-refractivity contribution in [3.05, 3.63) is 24.4 Å². The van der Waals surface area contributed by atoms with Crippen LogP contribution in [0.4, 0.5) is 5.82 Å². The van der Waals surface area contributed by atoms with Crippen molar-refractivity contribution in [2.75, 3.05) is 31.5 Å². The van der Waals surface area contributed by atoms with Crippen molar-refractivity contribution in [3.63, 3.8) is 0 Å². The number of hydrogen-bond acceptors (Lipinski definition) is 3. The first kappa shape index (κ1) is 10.4. The van der Waals surface area contributed by atoms with E-state index in [2.05, 4.69) is 15.2 Å². The van der Waals surface area contributed by atoms with Crippen LogP contribution in [0.5, 0.6) is 0 Å². The molecule has 0 unspecified atom stereocenters. The molecule has 3 nitrogen and oxygen atoms in total. The van der Waals surface area contributed by atoms with Gasteiger partial charge in [0.1, 0.15) is 5.82 Å². The minimum Gasteiger partial charge on any atom is -0.369 e. The van der Waals surface area contributed by atoms with E-state index in [9.17, 15) is 0 Å². The molecule has 0 saturated carbocycles. The van der Waals surface area contributed by atoms with Crippen LogP contribution < -0.4 is 5.32 Å². The van der Waals surface area contributed by atoms with Crippen molar-refractivity contribution in [3.8, 4) is 0 Å². The Labute approximate surface area is 91.5 Å². The van der Waals surface area contributed by atoms with E-state index in [-0.39, 0.29) is 0 Å². The summed E-state index contributed by atoms with van der Waals surface area (Å²) in [6.45, 7) is 4.67. The fourth-order valence-electron chi connectivity index (χ4n) is 1.99. The molecular weight excluding hydrogens is 186 g/mol. The van der Waals surface area contributed by atoms with Crippen LogP contribution >= 0.6 is 0 Å². The third-order valence-electron chi connectivity index (χ3n) is 2.85. The molecule has 1 aromatic rings. The summed E-state index contributed by atoms with van der Waals surface area (Å²) in [5, 5.41) is 3.34. The Kier molecular flexibility index (Phi) is 3.97. The maximum atomic E-state index is 4.23. The average Bonchev–Trinajstić information content (AvgIpc) is 2.32. The van der Waals surface area contributed by atoms with Crippen LogP contribution in [-0.4, -0.2) is 36.1 Å². The molecule has 0 aliphatic carbocycles. The number of piperidine rings is 1. The zero-order chi connectivity index (χ0) is 10.3. The molecule has 2 rings (SSSR count). The Morgan fingerprint density at radius 3 is 2.80 bits per heavy atom. The predicted molar refractivity (Wildman–Crippen MR) is 63.0 cm³/mol. The van der Waals surface area contributed by atoms with Crippen LogP contribution in [0.1, 0.15) is 19.3 Å². The highest BCUT2D eigenvalue weighted by molar-refractivity contribution is 5.32. The van der Waals surface area contributed by atoms with Crippen LogP contribution in [0.2, 0.25) is 0 Å². The summed E-state index contributed by atoms with van der Waals surface area (Å²) in [5.74, 6) is 0.981. The van der Waals surface area contributed by atoms with Gasteiger partial charge in [-0.2, -0.15) is 0 Å². The summed E-state index contributed by atoms with van der Waals surface area (Å²) in [6, 6.07) is 5.96. The van der Waals surface area contributed by atoms with E-state index in [1.165, 1.54) is 32.4 Å². The van der Waals surface area contributed by atoms with Crippen molar-refractivity contribution < 1.29 is 0 Å². The third kappa shape index (κ3) is 3.51. The first-order chi connectivity index (χ1) is 7.45. The van der Waals surface area contributed by atoms with Crippen molar-refractivity contribution in [2.45, 2.75) is 19.3 Å². The van der Waals surface area contributed by atoms with Gasteiger partial charge < -0.3 is 10.2 Å². The fraction of sp³-hybridized carbons (Fsp3) is 0.583. The SMILES string of the molecule is c1ccc(NCCN2CCCCC2)nc1. The molecule has 2 heterocycles. The number of nitrogens with one attached hydrogen (secondary N) is 1. The van der Waals surface area contributed by atoms with Crippen LogP contribution in [0.15, 0.2) is 24.4 Å². The van der Waals surface area contributed by atoms with Crippen molar-refractivity contribution in [2.24, 2.45) is 0 Å². The van der Waals surface area contributed by atoms with Gasteiger partial charge in [-0.05, 0) is 38.1 Å². The number of nitrogens with zero attached hydrogens (tertiary/aromatic N) is 2. The van der Waals surface area contributed by atoms with E-state index in [1.54, 1.807) is 0 Å². The molecule has 1 aliphatic heterocycles. The smallest absolute Gasteiger partial charge is 0.125 e. The summed E-state index contributed by atoms with van der Waals surface area (Å²) in [4.78, 5) is 6.76. The summed E-state index contributed by atoms with van der Waals surface area (Å²) >= 11 is 0. The number of pyridine rings is 1. The molecule has 1 aliphatic rings. The predicted octanol–water partition coefficient (Wildman–Crippen LogP) is 1.98. The Morgan fingerprint density at radius 1 is 1.20 bits per heavy atom. The minimum absolute atomic E-state index is 0.981. The van der Waals surface area contributed by atoms with E-state index in [1.807, 2.05) is 24.4 Å². The second-order valence-corrected chi connectivity index (χ2v) is 4.04. The molecule has 0 aromatic carbocycles. The summed E-state index contributed by atoms with van der Waals surface area (Å²) < 4.78 is 0. The first-order valence-corrected chi connectivity index (χ1v) is 5.82. The first-order valence-electron chi connectivity index (χ1n) is 5.82. The van der Waals surface area contributed by atoms with E-state index >= 15 is 0 Å². The topological polar surface area (TPSA) is 28.2 Å². The number of likely N-dealkylation sites (tertiary alicyclic amines) is 1. The molecule has 15 heavy (non-hydrogen) atoms. The second-order valence-electron chi connectivity index (χ2n) is 4.04. The molecule has 0 radical (unpaired) electrons. The Morgan fingerprint density at radius 2 is 2.07 bits per heavy atom. The lowest BCUT2D eigenvalue weighted by atomic mass is 10.1. The van der Waals surface area contributed by atoms with Gasteiger partial charge in [-0.1, -0.05) is 12.5 Å². The normalized spacial score (nSPS) is 17.6. The van der Waals surface area contributed by atoms with Crippen molar-refractivity contribution in [1.29, 1.82) is 0 Å². The highest BCUT2D eigenvalue weighted by Crippen LogP contribution is 2.08. The van der Waals surface area contributed by atoms with E-state index < -0.39 is 0 Å². The zero-order valence-electron chi connectivity index (χ0n) is 9.15. The molecule has 1 fully saturated rings. The van der Waals surface area contributed by atoms with Gasteiger partial charge in [-0.25, -0.2) is 4.98 Å². The quantitative estimate of drug-likeness (QED) is 0.814. The number of rotatable bonds is 4. The molecule has 0 spiro atoms. The van der Waals surface area contributed by atoms with Gasteiger partial charge in [0, 0.05) is 19.3 Å². The monoisotopic (exact) mass is 205 g/mol. The number of aromatic nitrogens is 1. The zero-order valence-corrected chi connectivity index (χ0v) is 9.15. The van der Waals surface area contributed by atoms with E-state index in [0.29, 0.717) is 0 Å². The standard InChI is InChI=1S/C12H19N3/c1-4-9-15(10-5-1)11-8-14-12-6-2-3-7-13-12/h2-3,6-7H,1,4-5,8-11H2,(H,13,14). The number of hydrogen-bond donors (Lipinski definition) is 1. The Hall–Kier alpha value is -1.09. The highest BCUT2D eigenvalue weighted by atomic mass is 15.1. The van der Waals surface area contributed by atoms with Crippen molar-refractivity contribution >= 4 is 5.82 Å². The van der Waals surface area contributed by atoms with Crippen LogP contribution in [0, 0.1) is 0 Å². The molecule has 3 heteroatoms. The highest BCUT2D eigenvalue weighted by Gasteiger charge is 2.08. The van der Waals surface area contributed by atoms with Gasteiger partial charge in [0.25, 0.3) is 0 Å². The van der Waals surface area contributed by atoms with Gasteiger partial charge >= 0.3 is 0 Å². The van der Waals surface area contributed by atoms with Gasteiger partial charge in [0.15, 0.2) is 0 Å². The Balaban J connectivity index is 1.66. The molecule has 0 bridgehead atoms. The minimum atomic E-state index is 0.981. The molecule has 82 valence electrons.